The summed E-state index contributed by atoms with van der Waals surface area (Å²) < 4.78 is 0. The summed E-state index contributed by atoms with van der Waals surface area (Å²) >= 11 is 0. The lowest BCUT2D eigenvalue weighted by atomic mass is 10.00. The first kappa shape index (κ1) is 27.1. The number of carbonyl (C=O) groups excluding carboxylic acids is 3. The van der Waals surface area contributed by atoms with E-state index in [4.69, 9.17) is 0 Å². The van der Waals surface area contributed by atoms with E-state index in [9.17, 15) is 14.4 Å². The van der Waals surface area contributed by atoms with Crippen LogP contribution >= 0.6 is 0 Å². The minimum Gasteiger partial charge on any atom is -0.350 e. The van der Waals surface area contributed by atoms with E-state index in [0.717, 1.165) is 33.2 Å². The SMILES string of the molecule is Cc1ccccc1CN(C(=O)CN1C(=O)c2cccc3cccc1c23)[C@@H](Cc1ccccc1)C(=O)NC(C)(C)C. The van der Waals surface area contributed by atoms with Gasteiger partial charge in [-0.15, -0.1) is 0 Å². The molecule has 0 bridgehead atoms. The van der Waals surface area contributed by atoms with Crippen LogP contribution in [-0.2, 0) is 22.6 Å². The van der Waals surface area contributed by atoms with Gasteiger partial charge in [0.2, 0.25) is 11.8 Å². The molecule has 1 aliphatic heterocycles. The largest absolute Gasteiger partial charge is 0.350 e. The lowest BCUT2D eigenvalue weighted by molar-refractivity contribution is -0.140. The molecule has 0 radical (unpaired) electrons. The van der Waals surface area contributed by atoms with Gasteiger partial charge >= 0.3 is 0 Å². The number of nitrogens with zero attached hydrogens (tertiary/aromatic N) is 2. The molecule has 1 heterocycles. The van der Waals surface area contributed by atoms with Gasteiger partial charge in [0.1, 0.15) is 12.6 Å². The average molecular weight is 534 g/mol. The number of aryl methyl sites for hydroxylation is 1. The predicted octanol–water partition coefficient (Wildman–Crippen LogP) is 5.66. The molecule has 4 aromatic carbocycles. The number of nitrogens with one attached hydrogen (secondary N) is 1. The minimum atomic E-state index is -0.774. The van der Waals surface area contributed by atoms with E-state index >= 15 is 0 Å². The third-order valence-corrected chi connectivity index (χ3v) is 7.31. The molecule has 0 fully saturated rings. The van der Waals surface area contributed by atoms with E-state index in [0.29, 0.717) is 12.0 Å². The maximum Gasteiger partial charge on any atom is 0.259 e. The number of rotatable bonds is 8. The standard InChI is InChI=1S/C34H35N3O3/c1-23-12-8-9-15-26(23)21-36(29(32(39)35-34(2,3)4)20-24-13-6-5-7-14-24)30(38)22-37-28-19-11-17-25-16-10-18-27(31(25)28)33(37)40/h5-19,29H,20-22H2,1-4H3,(H,35,39)/t29-/m0/s1. The summed E-state index contributed by atoms with van der Waals surface area (Å²) in [5, 5.41) is 4.91. The molecule has 6 heteroatoms. The quantitative estimate of drug-likeness (QED) is 0.318. The van der Waals surface area contributed by atoms with Gasteiger partial charge in [-0.2, -0.15) is 0 Å². The second-order valence-corrected chi connectivity index (χ2v) is 11.5. The summed E-state index contributed by atoms with van der Waals surface area (Å²) in [5.41, 5.74) is 3.78. The van der Waals surface area contributed by atoms with Crippen molar-refractivity contribution in [3.63, 3.8) is 0 Å². The zero-order chi connectivity index (χ0) is 28.4. The van der Waals surface area contributed by atoms with Crippen LogP contribution in [0.25, 0.3) is 10.8 Å². The Morgan fingerprint density at radius 1 is 0.875 bits per heavy atom. The van der Waals surface area contributed by atoms with E-state index in [2.05, 4.69) is 5.32 Å². The molecule has 1 atom stereocenters. The smallest absolute Gasteiger partial charge is 0.259 e. The monoisotopic (exact) mass is 533 g/mol. The van der Waals surface area contributed by atoms with E-state index in [1.165, 1.54) is 0 Å². The summed E-state index contributed by atoms with van der Waals surface area (Å²) in [4.78, 5) is 44.8. The minimum absolute atomic E-state index is 0.160. The Morgan fingerprint density at radius 3 is 2.25 bits per heavy atom. The molecule has 1 N–H and O–H groups in total. The van der Waals surface area contributed by atoms with Crippen molar-refractivity contribution in [2.24, 2.45) is 0 Å². The Labute approximate surface area is 235 Å². The number of amides is 3. The molecule has 4 aromatic rings. The van der Waals surface area contributed by atoms with Crippen molar-refractivity contribution in [3.8, 4) is 0 Å². The van der Waals surface area contributed by atoms with Crippen molar-refractivity contribution in [2.75, 3.05) is 11.4 Å². The summed E-state index contributed by atoms with van der Waals surface area (Å²) in [6, 6.07) is 28.2. The van der Waals surface area contributed by atoms with Gasteiger partial charge in [-0.3, -0.25) is 19.3 Å². The van der Waals surface area contributed by atoms with Gasteiger partial charge in [0, 0.05) is 29.5 Å². The fourth-order valence-corrected chi connectivity index (χ4v) is 5.34. The second kappa shape index (κ2) is 11.0. The van der Waals surface area contributed by atoms with E-state index in [1.54, 1.807) is 15.9 Å². The molecular weight excluding hydrogens is 498 g/mol. The molecule has 6 nitrogen and oxygen atoms in total. The number of anilines is 1. The lowest BCUT2D eigenvalue weighted by Crippen LogP contribution is -2.56. The normalized spacial score (nSPS) is 13.4. The number of benzene rings is 4. The van der Waals surface area contributed by atoms with E-state index in [-0.39, 0.29) is 30.8 Å². The number of hydrogen-bond acceptors (Lipinski definition) is 3. The van der Waals surface area contributed by atoms with Crippen LogP contribution in [0.15, 0.2) is 91.0 Å². The van der Waals surface area contributed by atoms with Crippen LogP contribution in [0.2, 0.25) is 0 Å². The molecular formula is C34H35N3O3. The van der Waals surface area contributed by atoms with Crippen LogP contribution in [0.3, 0.4) is 0 Å². The van der Waals surface area contributed by atoms with Gasteiger partial charge in [0.25, 0.3) is 5.91 Å². The van der Waals surface area contributed by atoms with Crippen LogP contribution in [0, 0.1) is 6.92 Å². The second-order valence-electron chi connectivity index (χ2n) is 11.5. The molecule has 0 unspecified atom stereocenters. The van der Waals surface area contributed by atoms with Gasteiger partial charge in [-0.05, 0) is 61.9 Å². The van der Waals surface area contributed by atoms with Crippen LogP contribution < -0.4 is 10.2 Å². The highest BCUT2D eigenvalue weighted by Gasteiger charge is 2.36. The Kier molecular flexibility index (Phi) is 7.44. The third-order valence-electron chi connectivity index (χ3n) is 7.31. The summed E-state index contributed by atoms with van der Waals surface area (Å²) in [6.45, 7) is 7.88. The maximum absolute atomic E-state index is 14.3. The highest BCUT2D eigenvalue weighted by Crippen LogP contribution is 2.37. The maximum atomic E-state index is 14.3. The number of hydrogen-bond donors (Lipinski definition) is 1. The van der Waals surface area contributed by atoms with E-state index in [1.807, 2.05) is 113 Å². The van der Waals surface area contributed by atoms with E-state index < -0.39 is 11.6 Å². The molecule has 0 aliphatic carbocycles. The van der Waals surface area contributed by atoms with Crippen molar-refractivity contribution in [1.82, 2.24) is 10.2 Å². The van der Waals surface area contributed by atoms with Crippen molar-refractivity contribution in [1.29, 1.82) is 0 Å². The van der Waals surface area contributed by atoms with Crippen molar-refractivity contribution in [2.45, 2.75) is 52.2 Å². The molecule has 0 saturated carbocycles. The fourth-order valence-electron chi connectivity index (χ4n) is 5.34. The molecule has 204 valence electrons. The Morgan fingerprint density at radius 2 is 1.55 bits per heavy atom. The first-order valence-electron chi connectivity index (χ1n) is 13.7. The predicted molar refractivity (Wildman–Crippen MR) is 159 cm³/mol. The summed E-state index contributed by atoms with van der Waals surface area (Å²) in [5.74, 6) is -0.711. The lowest BCUT2D eigenvalue weighted by Gasteiger charge is -2.35. The van der Waals surface area contributed by atoms with Crippen LogP contribution in [0.5, 0.6) is 0 Å². The average Bonchev–Trinajstić information content (AvgIpc) is 3.19. The zero-order valence-electron chi connectivity index (χ0n) is 23.5. The summed E-state index contributed by atoms with van der Waals surface area (Å²) in [7, 11) is 0. The van der Waals surface area contributed by atoms with Gasteiger partial charge in [0.15, 0.2) is 0 Å². The molecule has 40 heavy (non-hydrogen) atoms. The zero-order valence-corrected chi connectivity index (χ0v) is 23.5. The highest BCUT2D eigenvalue weighted by molar-refractivity contribution is 6.26. The molecule has 5 rings (SSSR count). The molecule has 0 saturated heterocycles. The molecule has 1 aliphatic rings. The Hall–Kier alpha value is -4.45. The molecule has 3 amide bonds. The third kappa shape index (κ3) is 5.62. The first-order valence-corrected chi connectivity index (χ1v) is 13.7. The van der Waals surface area contributed by atoms with Crippen molar-refractivity contribution < 1.29 is 14.4 Å². The fraction of sp³-hybridized carbons (Fsp3) is 0.265. The molecule has 0 aromatic heterocycles. The van der Waals surface area contributed by atoms with Crippen LogP contribution in [-0.4, -0.2) is 40.7 Å². The summed E-state index contributed by atoms with van der Waals surface area (Å²) in [6.07, 6.45) is 0.351. The topological polar surface area (TPSA) is 69.7 Å². The van der Waals surface area contributed by atoms with Gasteiger partial charge in [-0.25, -0.2) is 0 Å². The highest BCUT2D eigenvalue weighted by atomic mass is 16.2. The van der Waals surface area contributed by atoms with Crippen LogP contribution in [0.4, 0.5) is 5.69 Å². The van der Waals surface area contributed by atoms with Crippen molar-refractivity contribution in [3.05, 3.63) is 113 Å². The van der Waals surface area contributed by atoms with Gasteiger partial charge < -0.3 is 10.2 Å². The Bertz CT molecular complexity index is 1570. The van der Waals surface area contributed by atoms with Gasteiger partial charge in [0.05, 0.1) is 5.69 Å². The van der Waals surface area contributed by atoms with Crippen LogP contribution in [0.1, 0.15) is 47.8 Å². The van der Waals surface area contributed by atoms with Crippen molar-refractivity contribution >= 4 is 34.2 Å². The first-order chi connectivity index (χ1) is 19.1. The Balaban J connectivity index is 1.53. The van der Waals surface area contributed by atoms with Gasteiger partial charge in [-0.1, -0.05) is 78.9 Å². The molecule has 0 spiro atoms. The number of carbonyl (C=O) groups is 3.